The molecular formula is C20H23N5O2. The molecule has 2 N–H and O–H groups in total. The maximum atomic E-state index is 11.8. The fourth-order valence-electron chi connectivity index (χ4n) is 2.48. The van der Waals surface area contributed by atoms with E-state index in [1.807, 2.05) is 57.2 Å². The first-order chi connectivity index (χ1) is 13.1. The highest BCUT2D eigenvalue weighted by Gasteiger charge is 2.12. The van der Waals surface area contributed by atoms with Gasteiger partial charge >= 0.3 is 0 Å². The van der Waals surface area contributed by atoms with Gasteiger partial charge in [0.05, 0.1) is 0 Å². The molecule has 7 heteroatoms. The third-order valence-corrected chi connectivity index (χ3v) is 3.99. The molecule has 140 valence electrons. The summed E-state index contributed by atoms with van der Waals surface area (Å²) in [5.41, 5.74) is 2.52. The molecule has 0 bridgehead atoms. The Morgan fingerprint density at radius 2 is 1.96 bits per heavy atom. The summed E-state index contributed by atoms with van der Waals surface area (Å²) in [6, 6.07) is 11.2. The van der Waals surface area contributed by atoms with Crippen molar-refractivity contribution in [3.05, 3.63) is 59.5 Å². The number of carbonyl (C=O) groups is 1. The topological polar surface area (TPSA) is 92.9 Å². The van der Waals surface area contributed by atoms with E-state index >= 15 is 0 Å². The second-order valence-electron chi connectivity index (χ2n) is 6.45. The molecule has 0 aliphatic rings. The van der Waals surface area contributed by atoms with Crippen molar-refractivity contribution < 1.29 is 9.32 Å². The zero-order valence-electron chi connectivity index (χ0n) is 15.7. The van der Waals surface area contributed by atoms with E-state index in [0.29, 0.717) is 36.2 Å². The molecule has 1 amide bonds. The van der Waals surface area contributed by atoms with Crippen LogP contribution < -0.4 is 10.6 Å². The maximum Gasteiger partial charge on any atom is 0.258 e. The zero-order valence-corrected chi connectivity index (χ0v) is 15.7. The van der Waals surface area contributed by atoms with Crippen LogP contribution in [-0.2, 0) is 6.54 Å². The van der Waals surface area contributed by atoms with E-state index in [2.05, 4.69) is 25.8 Å². The quantitative estimate of drug-likeness (QED) is 0.664. The monoisotopic (exact) mass is 365 g/mol. The normalized spacial score (nSPS) is 10.8. The van der Waals surface area contributed by atoms with Crippen molar-refractivity contribution in [3.8, 4) is 11.5 Å². The van der Waals surface area contributed by atoms with Gasteiger partial charge in [-0.3, -0.25) is 4.79 Å². The van der Waals surface area contributed by atoms with E-state index in [4.69, 9.17) is 4.52 Å². The molecule has 3 aromatic rings. The van der Waals surface area contributed by atoms with Crippen molar-refractivity contribution in [3.63, 3.8) is 0 Å². The average molecular weight is 365 g/mol. The van der Waals surface area contributed by atoms with Gasteiger partial charge in [-0.2, -0.15) is 4.98 Å². The molecule has 0 aliphatic carbocycles. The van der Waals surface area contributed by atoms with Gasteiger partial charge < -0.3 is 15.2 Å². The van der Waals surface area contributed by atoms with Gasteiger partial charge in [0.2, 0.25) is 0 Å². The van der Waals surface area contributed by atoms with Gasteiger partial charge in [-0.15, -0.1) is 0 Å². The SMILES string of the molecule is CCNC(=O)c1ccc(CNc2cc(-c3nc(C(C)C)no3)ccn2)cc1. The maximum absolute atomic E-state index is 11.8. The van der Waals surface area contributed by atoms with Crippen LogP contribution in [0, 0.1) is 0 Å². The molecule has 0 unspecified atom stereocenters. The van der Waals surface area contributed by atoms with Crippen molar-refractivity contribution in [1.82, 2.24) is 20.4 Å². The van der Waals surface area contributed by atoms with Crippen molar-refractivity contribution in [2.45, 2.75) is 33.2 Å². The van der Waals surface area contributed by atoms with Crippen LogP contribution in [0.5, 0.6) is 0 Å². The van der Waals surface area contributed by atoms with E-state index in [0.717, 1.165) is 11.1 Å². The number of nitrogens with zero attached hydrogens (tertiary/aromatic N) is 3. The number of hydrogen-bond donors (Lipinski definition) is 2. The van der Waals surface area contributed by atoms with Gasteiger partial charge in [-0.1, -0.05) is 31.1 Å². The summed E-state index contributed by atoms with van der Waals surface area (Å²) in [6.45, 7) is 7.14. The van der Waals surface area contributed by atoms with Crippen molar-refractivity contribution in [1.29, 1.82) is 0 Å². The van der Waals surface area contributed by atoms with Crippen LogP contribution in [0.1, 0.15) is 48.4 Å². The van der Waals surface area contributed by atoms with Crippen LogP contribution in [0.3, 0.4) is 0 Å². The summed E-state index contributed by atoms with van der Waals surface area (Å²) in [4.78, 5) is 20.5. The Kier molecular flexibility index (Phi) is 5.80. The predicted octanol–water partition coefficient (Wildman–Crippen LogP) is 3.62. The number of pyridine rings is 1. The van der Waals surface area contributed by atoms with Crippen LogP contribution in [-0.4, -0.2) is 27.6 Å². The molecule has 0 saturated carbocycles. The predicted molar refractivity (Wildman–Crippen MR) is 103 cm³/mol. The van der Waals surface area contributed by atoms with Crippen LogP contribution in [0.15, 0.2) is 47.1 Å². The molecule has 0 fully saturated rings. The zero-order chi connectivity index (χ0) is 19.2. The number of benzene rings is 1. The summed E-state index contributed by atoms with van der Waals surface area (Å²) in [7, 11) is 0. The summed E-state index contributed by atoms with van der Waals surface area (Å²) < 4.78 is 5.33. The van der Waals surface area contributed by atoms with Gasteiger partial charge in [-0.25, -0.2) is 4.98 Å². The molecule has 7 nitrogen and oxygen atoms in total. The van der Waals surface area contributed by atoms with E-state index in [9.17, 15) is 4.79 Å². The Morgan fingerprint density at radius 1 is 1.19 bits per heavy atom. The van der Waals surface area contributed by atoms with Gasteiger partial charge in [0.15, 0.2) is 5.82 Å². The molecule has 0 atom stereocenters. The molecule has 0 spiro atoms. The largest absolute Gasteiger partial charge is 0.366 e. The van der Waals surface area contributed by atoms with Crippen molar-refractivity contribution in [2.24, 2.45) is 0 Å². The van der Waals surface area contributed by atoms with Crippen LogP contribution >= 0.6 is 0 Å². The van der Waals surface area contributed by atoms with Crippen LogP contribution in [0.4, 0.5) is 5.82 Å². The molecular weight excluding hydrogens is 342 g/mol. The molecule has 3 rings (SSSR count). The highest BCUT2D eigenvalue weighted by molar-refractivity contribution is 5.94. The van der Waals surface area contributed by atoms with Crippen LogP contribution in [0.25, 0.3) is 11.5 Å². The lowest BCUT2D eigenvalue weighted by molar-refractivity contribution is 0.0956. The minimum absolute atomic E-state index is 0.0632. The molecule has 0 radical (unpaired) electrons. The molecule has 2 heterocycles. The molecule has 0 aliphatic heterocycles. The average Bonchev–Trinajstić information content (AvgIpc) is 3.18. The first kappa shape index (κ1) is 18.6. The highest BCUT2D eigenvalue weighted by Crippen LogP contribution is 2.21. The standard InChI is InChI=1S/C20H23N5O2/c1-4-21-19(26)15-7-5-14(6-8-15)12-23-17-11-16(9-10-22-17)20-24-18(13(2)3)25-27-20/h5-11,13H,4,12H2,1-3H3,(H,21,26)(H,22,23). The molecule has 0 saturated heterocycles. The highest BCUT2D eigenvalue weighted by atomic mass is 16.5. The van der Waals surface area contributed by atoms with E-state index in [1.54, 1.807) is 6.20 Å². The second kappa shape index (κ2) is 8.44. The van der Waals surface area contributed by atoms with Crippen molar-refractivity contribution in [2.75, 3.05) is 11.9 Å². The van der Waals surface area contributed by atoms with Crippen LogP contribution in [0.2, 0.25) is 0 Å². The van der Waals surface area contributed by atoms with E-state index in [-0.39, 0.29) is 11.8 Å². The first-order valence-corrected chi connectivity index (χ1v) is 8.98. The minimum Gasteiger partial charge on any atom is -0.366 e. The minimum atomic E-state index is -0.0632. The third kappa shape index (κ3) is 4.69. The second-order valence-corrected chi connectivity index (χ2v) is 6.45. The smallest absolute Gasteiger partial charge is 0.258 e. The lowest BCUT2D eigenvalue weighted by Gasteiger charge is -2.07. The number of carbonyl (C=O) groups excluding carboxylic acids is 1. The molecule has 27 heavy (non-hydrogen) atoms. The Hall–Kier alpha value is -3.22. The van der Waals surface area contributed by atoms with Gasteiger partial charge in [0, 0.05) is 36.3 Å². The number of nitrogens with one attached hydrogen (secondary N) is 2. The van der Waals surface area contributed by atoms with E-state index in [1.165, 1.54) is 0 Å². The van der Waals surface area contributed by atoms with Gasteiger partial charge in [0.1, 0.15) is 5.82 Å². The number of anilines is 1. The summed E-state index contributed by atoms with van der Waals surface area (Å²) in [6.07, 6.45) is 1.70. The summed E-state index contributed by atoms with van der Waals surface area (Å²) >= 11 is 0. The van der Waals surface area contributed by atoms with Gasteiger partial charge in [0.25, 0.3) is 11.8 Å². The lowest BCUT2D eigenvalue weighted by Crippen LogP contribution is -2.22. The number of hydrogen-bond acceptors (Lipinski definition) is 6. The first-order valence-electron chi connectivity index (χ1n) is 8.98. The molecule has 1 aromatic carbocycles. The number of rotatable bonds is 7. The number of amides is 1. The fraction of sp³-hybridized carbons (Fsp3) is 0.300. The van der Waals surface area contributed by atoms with E-state index < -0.39 is 0 Å². The summed E-state index contributed by atoms with van der Waals surface area (Å²) in [5, 5.41) is 10.0. The lowest BCUT2D eigenvalue weighted by atomic mass is 10.1. The fourth-order valence-corrected chi connectivity index (χ4v) is 2.48. The Balaban J connectivity index is 1.65. The summed E-state index contributed by atoms with van der Waals surface area (Å²) in [5.74, 6) is 2.03. The van der Waals surface area contributed by atoms with Gasteiger partial charge in [-0.05, 0) is 36.8 Å². The third-order valence-electron chi connectivity index (χ3n) is 3.99. The Bertz CT molecular complexity index is 903. The number of aromatic nitrogens is 3. The van der Waals surface area contributed by atoms with Crippen molar-refractivity contribution >= 4 is 11.7 Å². The Labute approximate surface area is 158 Å². The molecule has 2 aromatic heterocycles. The Morgan fingerprint density at radius 3 is 2.63 bits per heavy atom.